The number of benzene rings is 2. The molecule has 1 aliphatic heterocycles. The highest BCUT2D eigenvalue weighted by Gasteiger charge is 2.31. The molecular formula is C26H34N2O3S. The number of carbonyl (C=O) groups is 1. The van der Waals surface area contributed by atoms with Gasteiger partial charge in [-0.1, -0.05) is 48.5 Å². The predicted molar refractivity (Wildman–Crippen MR) is 128 cm³/mol. The molecule has 1 atom stereocenters. The van der Waals surface area contributed by atoms with E-state index in [2.05, 4.69) is 23.5 Å². The zero-order chi connectivity index (χ0) is 22.6. The number of hydrogen-bond donors (Lipinski definition) is 1. The van der Waals surface area contributed by atoms with E-state index in [1.54, 1.807) is 4.31 Å². The molecule has 0 radical (unpaired) electrons. The lowest BCUT2D eigenvalue weighted by atomic mass is 9.96. The molecule has 4 rings (SSSR count). The third-order valence-electron chi connectivity index (χ3n) is 6.91. The summed E-state index contributed by atoms with van der Waals surface area (Å²) in [7, 11) is -3.27. The minimum absolute atomic E-state index is 0.0341. The first-order valence-electron chi connectivity index (χ1n) is 11.9. The van der Waals surface area contributed by atoms with Crippen molar-refractivity contribution in [2.24, 2.45) is 5.92 Å². The van der Waals surface area contributed by atoms with Crippen LogP contribution in [0.4, 0.5) is 0 Å². The van der Waals surface area contributed by atoms with E-state index in [1.165, 1.54) is 17.5 Å². The number of fused-ring (bicyclic) bond motifs is 1. The Hall–Kier alpha value is -2.18. The van der Waals surface area contributed by atoms with Crippen molar-refractivity contribution in [2.45, 2.75) is 57.9 Å². The van der Waals surface area contributed by atoms with E-state index in [-0.39, 0.29) is 23.6 Å². The van der Waals surface area contributed by atoms with Gasteiger partial charge in [-0.05, 0) is 74.1 Å². The van der Waals surface area contributed by atoms with Crippen molar-refractivity contribution < 1.29 is 13.2 Å². The molecule has 1 unspecified atom stereocenters. The second-order valence-electron chi connectivity index (χ2n) is 9.19. The van der Waals surface area contributed by atoms with E-state index in [9.17, 15) is 13.2 Å². The number of amides is 1. The molecule has 0 saturated carbocycles. The Balaban J connectivity index is 1.24. The molecule has 2 aromatic rings. The van der Waals surface area contributed by atoms with Gasteiger partial charge in [-0.3, -0.25) is 4.79 Å². The molecule has 1 aliphatic carbocycles. The summed E-state index contributed by atoms with van der Waals surface area (Å²) in [6.07, 6.45) is 6.05. The largest absolute Gasteiger partial charge is 0.349 e. The maximum absolute atomic E-state index is 12.8. The summed E-state index contributed by atoms with van der Waals surface area (Å²) in [5, 5.41) is 3.16. The van der Waals surface area contributed by atoms with Gasteiger partial charge in [0.2, 0.25) is 15.9 Å². The summed E-state index contributed by atoms with van der Waals surface area (Å²) >= 11 is 0. The first-order valence-corrected chi connectivity index (χ1v) is 13.5. The van der Waals surface area contributed by atoms with Crippen molar-refractivity contribution in [1.82, 2.24) is 9.62 Å². The molecule has 1 fully saturated rings. The van der Waals surface area contributed by atoms with E-state index in [4.69, 9.17) is 0 Å². The SMILES string of the molecule is CC(NC(=O)C1CCN(S(=O)(=O)CCCc2ccccc2)CC1)c1ccc2c(c1)CCC2. The lowest BCUT2D eigenvalue weighted by Gasteiger charge is -2.31. The molecule has 1 N–H and O–H groups in total. The van der Waals surface area contributed by atoms with Gasteiger partial charge in [0.25, 0.3) is 0 Å². The molecule has 2 aliphatic rings. The number of piperidine rings is 1. The Bertz CT molecular complexity index is 1030. The normalized spacial score (nSPS) is 18.3. The second-order valence-corrected chi connectivity index (χ2v) is 11.3. The fourth-order valence-electron chi connectivity index (χ4n) is 4.90. The van der Waals surface area contributed by atoms with Gasteiger partial charge >= 0.3 is 0 Å². The number of nitrogens with zero attached hydrogens (tertiary/aromatic N) is 1. The number of aryl methyl sites for hydroxylation is 3. The number of sulfonamides is 1. The molecule has 6 heteroatoms. The number of rotatable bonds is 8. The number of carbonyl (C=O) groups excluding carboxylic acids is 1. The Kier molecular flexibility index (Phi) is 7.31. The smallest absolute Gasteiger partial charge is 0.223 e. The lowest BCUT2D eigenvalue weighted by Crippen LogP contribution is -2.44. The molecule has 1 amide bonds. The van der Waals surface area contributed by atoms with Crippen molar-refractivity contribution in [3.8, 4) is 0 Å². The molecule has 1 saturated heterocycles. The predicted octanol–water partition coefficient (Wildman–Crippen LogP) is 4.03. The van der Waals surface area contributed by atoms with Gasteiger partial charge < -0.3 is 5.32 Å². The van der Waals surface area contributed by atoms with Crippen LogP contribution in [-0.4, -0.2) is 37.5 Å². The summed E-state index contributed by atoms with van der Waals surface area (Å²) in [5.74, 6) is 0.0791. The minimum atomic E-state index is -3.27. The number of hydrogen-bond acceptors (Lipinski definition) is 3. The molecule has 0 spiro atoms. The highest BCUT2D eigenvalue weighted by Crippen LogP contribution is 2.26. The standard InChI is InChI=1S/C26H34N2O3S/c1-20(24-13-12-22-10-5-11-25(22)19-24)27-26(29)23-14-16-28(17-15-23)32(30,31)18-6-9-21-7-3-2-4-8-21/h2-4,7-8,12-13,19-20,23H,5-6,9-11,14-18H2,1H3,(H,27,29). The van der Waals surface area contributed by atoms with Gasteiger partial charge in [0, 0.05) is 19.0 Å². The minimum Gasteiger partial charge on any atom is -0.349 e. The Morgan fingerprint density at radius 3 is 2.53 bits per heavy atom. The van der Waals surface area contributed by atoms with Crippen LogP contribution in [-0.2, 0) is 34.1 Å². The zero-order valence-electron chi connectivity index (χ0n) is 18.9. The molecule has 0 bridgehead atoms. The molecule has 32 heavy (non-hydrogen) atoms. The van der Waals surface area contributed by atoms with E-state index in [0.717, 1.165) is 30.4 Å². The summed E-state index contributed by atoms with van der Waals surface area (Å²) in [6, 6.07) is 16.5. The molecule has 1 heterocycles. The first-order chi connectivity index (χ1) is 15.4. The highest BCUT2D eigenvalue weighted by atomic mass is 32.2. The van der Waals surface area contributed by atoms with Crippen LogP contribution in [0, 0.1) is 5.92 Å². The van der Waals surface area contributed by atoms with Crippen LogP contribution in [0.3, 0.4) is 0 Å². The Morgan fingerprint density at radius 1 is 1.06 bits per heavy atom. The highest BCUT2D eigenvalue weighted by molar-refractivity contribution is 7.89. The maximum Gasteiger partial charge on any atom is 0.223 e. The van der Waals surface area contributed by atoms with Crippen molar-refractivity contribution in [3.63, 3.8) is 0 Å². The topological polar surface area (TPSA) is 66.5 Å². The molecule has 2 aromatic carbocycles. The van der Waals surface area contributed by atoms with Crippen LogP contribution in [0.25, 0.3) is 0 Å². The molecule has 5 nitrogen and oxygen atoms in total. The molecular weight excluding hydrogens is 420 g/mol. The van der Waals surface area contributed by atoms with Crippen LogP contribution < -0.4 is 5.32 Å². The van der Waals surface area contributed by atoms with Gasteiger partial charge in [0.15, 0.2) is 0 Å². The summed E-state index contributed by atoms with van der Waals surface area (Å²) in [6.45, 7) is 2.89. The zero-order valence-corrected chi connectivity index (χ0v) is 19.7. The van der Waals surface area contributed by atoms with Crippen LogP contribution >= 0.6 is 0 Å². The summed E-state index contributed by atoms with van der Waals surface area (Å²) in [5.41, 5.74) is 5.16. The maximum atomic E-state index is 12.8. The van der Waals surface area contributed by atoms with Gasteiger partial charge in [0.1, 0.15) is 0 Å². The van der Waals surface area contributed by atoms with Gasteiger partial charge in [-0.25, -0.2) is 12.7 Å². The van der Waals surface area contributed by atoms with Gasteiger partial charge in [-0.2, -0.15) is 0 Å². The van der Waals surface area contributed by atoms with Crippen molar-refractivity contribution in [3.05, 3.63) is 70.8 Å². The third kappa shape index (κ3) is 5.59. The molecule has 172 valence electrons. The third-order valence-corrected chi connectivity index (χ3v) is 8.87. The second kappa shape index (κ2) is 10.2. The Labute approximate surface area is 192 Å². The van der Waals surface area contributed by atoms with Crippen molar-refractivity contribution in [1.29, 1.82) is 0 Å². The van der Waals surface area contributed by atoms with Crippen LogP contribution in [0.15, 0.2) is 48.5 Å². The quantitative estimate of drug-likeness (QED) is 0.655. The number of nitrogens with one attached hydrogen (secondary N) is 1. The van der Waals surface area contributed by atoms with E-state index >= 15 is 0 Å². The van der Waals surface area contributed by atoms with Crippen molar-refractivity contribution in [2.75, 3.05) is 18.8 Å². The van der Waals surface area contributed by atoms with E-state index in [1.807, 2.05) is 37.3 Å². The summed E-state index contributed by atoms with van der Waals surface area (Å²) < 4.78 is 27.0. The van der Waals surface area contributed by atoms with E-state index in [0.29, 0.717) is 32.4 Å². The Morgan fingerprint density at radius 2 is 1.78 bits per heavy atom. The van der Waals surface area contributed by atoms with Gasteiger partial charge in [-0.15, -0.1) is 0 Å². The van der Waals surface area contributed by atoms with Crippen LogP contribution in [0.1, 0.15) is 60.9 Å². The molecule has 0 aromatic heterocycles. The monoisotopic (exact) mass is 454 g/mol. The van der Waals surface area contributed by atoms with Crippen LogP contribution in [0.5, 0.6) is 0 Å². The lowest BCUT2D eigenvalue weighted by molar-refractivity contribution is -0.126. The fraction of sp³-hybridized carbons (Fsp3) is 0.500. The van der Waals surface area contributed by atoms with Crippen molar-refractivity contribution >= 4 is 15.9 Å². The first kappa shape index (κ1) is 23.0. The van der Waals surface area contributed by atoms with E-state index < -0.39 is 10.0 Å². The van der Waals surface area contributed by atoms with Crippen LogP contribution in [0.2, 0.25) is 0 Å². The van der Waals surface area contributed by atoms with Gasteiger partial charge in [0.05, 0.1) is 11.8 Å². The average molecular weight is 455 g/mol. The summed E-state index contributed by atoms with van der Waals surface area (Å²) in [4.78, 5) is 12.8. The fourth-order valence-corrected chi connectivity index (χ4v) is 6.44. The average Bonchev–Trinajstić information content (AvgIpc) is 3.27.